The van der Waals surface area contributed by atoms with Crippen molar-refractivity contribution in [1.29, 1.82) is 0 Å². The van der Waals surface area contributed by atoms with Crippen molar-refractivity contribution < 1.29 is 5.79 Å². The first-order valence-electron chi connectivity index (χ1n) is 10.4. The quantitative estimate of drug-likeness (QED) is 0.324. The summed E-state index contributed by atoms with van der Waals surface area (Å²) in [6.45, 7) is 0. The molecule has 0 aliphatic rings. The zero-order valence-corrected chi connectivity index (χ0v) is 16.1. The predicted molar refractivity (Wildman–Crippen MR) is 122 cm³/mol. The number of fused-ring (bicyclic) bond motifs is 2. The summed E-state index contributed by atoms with van der Waals surface area (Å²) in [6.07, 6.45) is 1.74. The van der Waals surface area contributed by atoms with Crippen LogP contribution in [0, 0.1) is 0 Å². The van der Waals surface area contributed by atoms with Gasteiger partial charge in [0.15, 0.2) is 0 Å². The second-order valence-corrected chi connectivity index (χ2v) is 7.24. The lowest BCUT2D eigenvalue weighted by Gasteiger charge is -2.10. The van der Waals surface area contributed by atoms with Crippen molar-refractivity contribution in [2.75, 3.05) is 0 Å². The van der Waals surface area contributed by atoms with Gasteiger partial charge >= 0.3 is 0 Å². The first kappa shape index (κ1) is 15.8. The number of aromatic nitrogens is 2. The summed E-state index contributed by atoms with van der Waals surface area (Å²) in [6, 6.07) is 32.9. The topological polar surface area (TPSA) is 31.0 Å². The third-order valence-electron chi connectivity index (χ3n) is 5.45. The lowest BCUT2D eigenvalue weighted by molar-refractivity contribution is 0.616. The van der Waals surface area contributed by atoms with E-state index in [1.54, 1.807) is 18.4 Å². The Morgan fingerprint density at radius 3 is 2.37 bits per heavy atom. The van der Waals surface area contributed by atoms with E-state index in [0.29, 0.717) is 11.6 Å². The molecule has 0 amide bonds. The van der Waals surface area contributed by atoms with Crippen LogP contribution >= 0.6 is 0 Å². The highest BCUT2D eigenvalue weighted by Gasteiger charge is 2.18. The van der Waals surface area contributed by atoms with Crippen molar-refractivity contribution in [2.24, 2.45) is 0 Å². The Morgan fingerprint density at radius 1 is 0.733 bits per heavy atom. The summed E-state index contributed by atoms with van der Waals surface area (Å²) in [4.78, 5) is 4.94. The molecule has 0 aliphatic carbocycles. The molecular weight excluding hydrogens is 368 g/mol. The summed E-state index contributed by atoms with van der Waals surface area (Å²) < 4.78 is 15.8. The van der Waals surface area contributed by atoms with Gasteiger partial charge in [-0.15, -0.1) is 0 Å². The maximum absolute atomic E-state index is 7.87. The van der Waals surface area contributed by atoms with Crippen LogP contribution in [-0.2, 0) is 0 Å². The molecule has 0 atom stereocenters. The van der Waals surface area contributed by atoms with Gasteiger partial charge in [-0.2, -0.15) is 0 Å². The van der Waals surface area contributed by atoms with E-state index in [4.69, 9.17) is 10.8 Å². The zero-order valence-electron chi connectivity index (χ0n) is 17.1. The number of imidazole rings is 1. The standard InChI is InChI=1S/C27H18N2O/c1-2-8-19(9-3-1)20-14-16-21(17-15-20)29-25-12-6-5-11-24(25)28-27(29)23-18-30-26-13-7-4-10-22(23)26/h1-18H/i7D. The minimum Gasteiger partial charge on any atom is -0.464 e. The molecule has 0 bridgehead atoms. The van der Waals surface area contributed by atoms with Crippen molar-refractivity contribution in [3.8, 4) is 28.2 Å². The molecule has 0 saturated heterocycles. The summed E-state index contributed by atoms with van der Waals surface area (Å²) >= 11 is 0. The summed E-state index contributed by atoms with van der Waals surface area (Å²) in [5, 5.41) is 0.952. The monoisotopic (exact) mass is 387 g/mol. The van der Waals surface area contributed by atoms with Crippen molar-refractivity contribution in [3.05, 3.63) is 109 Å². The van der Waals surface area contributed by atoms with Crippen molar-refractivity contribution >= 4 is 22.0 Å². The van der Waals surface area contributed by atoms with Crippen LogP contribution < -0.4 is 0 Å². The molecular formula is C27H18N2O. The molecule has 0 radical (unpaired) electrons. The third kappa shape index (κ3) is 2.64. The Kier molecular flexibility index (Phi) is 3.55. The van der Waals surface area contributed by atoms with E-state index in [2.05, 4.69) is 59.2 Å². The Hall–Kier alpha value is -4.11. The second-order valence-electron chi connectivity index (χ2n) is 7.24. The first-order chi connectivity index (χ1) is 15.3. The molecule has 2 aromatic heterocycles. The van der Waals surface area contributed by atoms with Gasteiger partial charge in [0.1, 0.15) is 17.7 Å². The number of hydrogen-bond acceptors (Lipinski definition) is 2. The average Bonchev–Trinajstić information content (AvgIpc) is 3.40. The van der Waals surface area contributed by atoms with Gasteiger partial charge in [0.25, 0.3) is 0 Å². The largest absolute Gasteiger partial charge is 0.464 e. The lowest BCUT2D eigenvalue weighted by atomic mass is 10.1. The molecule has 0 spiro atoms. The maximum Gasteiger partial charge on any atom is 0.149 e. The lowest BCUT2D eigenvalue weighted by Crippen LogP contribution is -1.97. The van der Waals surface area contributed by atoms with Crippen LogP contribution in [0.3, 0.4) is 0 Å². The molecule has 3 nitrogen and oxygen atoms in total. The highest BCUT2D eigenvalue weighted by Crippen LogP contribution is 2.34. The van der Waals surface area contributed by atoms with E-state index in [1.807, 2.05) is 30.3 Å². The first-order valence-corrected chi connectivity index (χ1v) is 9.89. The Labute approximate surface area is 175 Å². The smallest absolute Gasteiger partial charge is 0.149 e. The van der Waals surface area contributed by atoms with Gasteiger partial charge in [0.2, 0.25) is 0 Å². The maximum atomic E-state index is 7.87. The molecule has 3 heteroatoms. The normalized spacial score (nSPS) is 11.8. The number of para-hydroxylation sites is 3. The molecule has 4 aromatic carbocycles. The highest BCUT2D eigenvalue weighted by atomic mass is 16.3. The minimum atomic E-state index is 0.429. The molecule has 2 heterocycles. The summed E-state index contributed by atoms with van der Waals surface area (Å²) in [7, 11) is 0. The van der Waals surface area contributed by atoms with Gasteiger partial charge in [0, 0.05) is 11.1 Å². The van der Waals surface area contributed by atoms with Gasteiger partial charge in [-0.25, -0.2) is 4.98 Å². The van der Waals surface area contributed by atoms with Crippen LogP contribution in [0.5, 0.6) is 0 Å². The average molecular weight is 387 g/mol. The minimum absolute atomic E-state index is 0.429. The van der Waals surface area contributed by atoms with E-state index >= 15 is 0 Å². The number of hydrogen-bond donors (Lipinski definition) is 0. The fraction of sp³-hybridized carbons (Fsp3) is 0. The molecule has 0 saturated carbocycles. The van der Waals surface area contributed by atoms with Crippen LogP contribution in [0.4, 0.5) is 0 Å². The van der Waals surface area contributed by atoms with Crippen molar-refractivity contribution in [1.82, 2.24) is 9.55 Å². The van der Waals surface area contributed by atoms with E-state index in [0.717, 1.165) is 33.5 Å². The van der Waals surface area contributed by atoms with Crippen LogP contribution in [-0.4, -0.2) is 9.55 Å². The van der Waals surface area contributed by atoms with Crippen molar-refractivity contribution in [3.63, 3.8) is 0 Å². The Balaban J connectivity index is 1.56. The molecule has 0 fully saturated rings. The van der Waals surface area contributed by atoms with Crippen LogP contribution in [0.15, 0.2) is 114 Å². The number of benzene rings is 4. The molecule has 0 aliphatic heterocycles. The molecule has 0 N–H and O–H groups in total. The zero-order chi connectivity index (χ0) is 20.8. The summed E-state index contributed by atoms with van der Waals surface area (Å²) in [5.74, 6) is 0.824. The predicted octanol–water partition coefficient (Wildman–Crippen LogP) is 7.11. The van der Waals surface area contributed by atoms with E-state index in [1.165, 1.54) is 11.1 Å². The molecule has 142 valence electrons. The van der Waals surface area contributed by atoms with Gasteiger partial charge in [-0.1, -0.05) is 72.8 Å². The fourth-order valence-corrected chi connectivity index (χ4v) is 4.00. The third-order valence-corrected chi connectivity index (χ3v) is 5.45. The molecule has 6 rings (SSSR count). The van der Waals surface area contributed by atoms with E-state index in [9.17, 15) is 0 Å². The number of rotatable bonds is 3. The second kappa shape index (κ2) is 6.75. The fourth-order valence-electron chi connectivity index (χ4n) is 4.00. The Morgan fingerprint density at radius 2 is 1.50 bits per heavy atom. The SMILES string of the molecule is [2H]c1ccc2c(-c3nc4ccccc4n3-c3ccc(-c4ccccc4)cc3)coc2c1. The number of furan rings is 1. The van der Waals surface area contributed by atoms with Crippen LogP contribution in [0.2, 0.25) is 0 Å². The summed E-state index contributed by atoms with van der Waals surface area (Å²) in [5.41, 5.74) is 6.98. The molecule has 30 heavy (non-hydrogen) atoms. The van der Waals surface area contributed by atoms with Gasteiger partial charge in [-0.05, 0) is 41.5 Å². The van der Waals surface area contributed by atoms with Crippen LogP contribution in [0.25, 0.3) is 50.2 Å². The Bertz CT molecular complexity index is 1530. The van der Waals surface area contributed by atoms with Gasteiger partial charge in [-0.3, -0.25) is 4.57 Å². The number of nitrogens with zero attached hydrogens (tertiary/aromatic N) is 2. The van der Waals surface area contributed by atoms with E-state index < -0.39 is 0 Å². The van der Waals surface area contributed by atoms with Crippen LogP contribution in [0.1, 0.15) is 1.37 Å². The van der Waals surface area contributed by atoms with Gasteiger partial charge < -0.3 is 4.42 Å². The van der Waals surface area contributed by atoms with Crippen molar-refractivity contribution in [2.45, 2.75) is 0 Å². The molecule has 0 unspecified atom stereocenters. The molecule has 6 aromatic rings. The van der Waals surface area contributed by atoms with E-state index in [-0.39, 0.29) is 0 Å². The van der Waals surface area contributed by atoms with Gasteiger partial charge in [0.05, 0.1) is 18.0 Å². The highest BCUT2D eigenvalue weighted by molar-refractivity contribution is 5.95.